The molecule has 0 unspecified atom stereocenters. The lowest BCUT2D eigenvalue weighted by Crippen LogP contribution is -2.34. The van der Waals surface area contributed by atoms with Crippen LogP contribution in [-0.4, -0.2) is 45.0 Å². The van der Waals surface area contributed by atoms with Crippen LogP contribution in [0.2, 0.25) is 5.02 Å². The van der Waals surface area contributed by atoms with Gasteiger partial charge in [0.2, 0.25) is 0 Å². The lowest BCUT2D eigenvalue weighted by atomic mass is 10.00. The van der Waals surface area contributed by atoms with Crippen LogP contribution < -0.4 is 10.4 Å². The molecule has 0 saturated heterocycles. The van der Waals surface area contributed by atoms with E-state index in [0.29, 0.717) is 53.7 Å². The molecule has 0 spiro atoms. The van der Waals surface area contributed by atoms with Gasteiger partial charge in [0.05, 0.1) is 36.3 Å². The maximum absolute atomic E-state index is 12.4. The summed E-state index contributed by atoms with van der Waals surface area (Å²) in [5.41, 5.74) is 1.52. The van der Waals surface area contributed by atoms with Crippen LogP contribution in [0.3, 0.4) is 0 Å². The van der Waals surface area contributed by atoms with Gasteiger partial charge < -0.3 is 18.6 Å². The van der Waals surface area contributed by atoms with Crippen LogP contribution in [-0.2, 0) is 27.2 Å². The number of fused-ring (bicyclic) bond motifs is 3. The minimum Gasteiger partial charge on any atom is -0.476 e. The smallest absolute Gasteiger partial charge is 0.340 e. The van der Waals surface area contributed by atoms with Crippen LogP contribution in [0.1, 0.15) is 16.7 Å². The Hall–Kier alpha value is -2.09. The average molecular weight is 382 g/mol. The molecule has 3 rings (SSSR count). The van der Waals surface area contributed by atoms with Gasteiger partial charge in [0, 0.05) is 25.6 Å². The molecule has 1 aliphatic rings. The topological polar surface area (TPSA) is 78.2 Å². The molecule has 2 aromatic rings. The number of rotatable bonds is 5. The lowest BCUT2D eigenvalue weighted by Gasteiger charge is -2.29. The molecular formula is C18H20ClNO6. The second kappa shape index (κ2) is 7.65. The normalized spacial score (nSPS) is 14.2. The maximum Gasteiger partial charge on any atom is 0.340 e. The first-order chi connectivity index (χ1) is 12.5. The first-order valence-electron chi connectivity index (χ1n) is 8.14. The standard InChI is InChI=1S/C18H20ClNO6/c1-10-11-6-14(19)17-13(8-20(9-25-17)4-5-23-2)16(11)26-18(22)12(10)7-15(21)24-3/h6H,4-5,7-9H2,1-3H3. The van der Waals surface area contributed by atoms with Gasteiger partial charge >= 0.3 is 11.6 Å². The average Bonchev–Trinajstić information content (AvgIpc) is 2.64. The van der Waals surface area contributed by atoms with E-state index in [0.717, 1.165) is 5.56 Å². The van der Waals surface area contributed by atoms with E-state index in [4.69, 9.17) is 25.5 Å². The molecule has 7 nitrogen and oxygen atoms in total. The maximum atomic E-state index is 12.4. The Morgan fingerprint density at radius 3 is 2.85 bits per heavy atom. The Balaban J connectivity index is 2.12. The molecule has 140 valence electrons. The first kappa shape index (κ1) is 18.7. The van der Waals surface area contributed by atoms with Crippen molar-refractivity contribution in [1.29, 1.82) is 0 Å². The monoisotopic (exact) mass is 381 g/mol. The van der Waals surface area contributed by atoms with Crippen molar-refractivity contribution >= 4 is 28.5 Å². The van der Waals surface area contributed by atoms with E-state index in [2.05, 4.69) is 4.74 Å². The number of aryl methyl sites for hydroxylation is 1. The van der Waals surface area contributed by atoms with Crippen LogP contribution in [0.5, 0.6) is 5.75 Å². The molecular weight excluding hydrogens is 362 g/mol. The number of esters is 1. The predicted molar refractivity (Wildman–Crippen MR) is 95.7 cm³/mol. The molecule has 2 heterocycles. The van der Waals surface area contributed by atoms with E-state index in [1.807, 2.05) is 4.90 Å². The molecule has 0 atom stereocenters. The Bertz CT molecular complexity index is 907. The third-order valence-electron chi connectivity index (χ3n) is 4.51. The van der Waals surface area contributed by atoms with E-state index < -0.39 is 11.6 Å². The Morgan fingerprint density at radius 2 is 2.15 bits per heavy atom. The number of hydrogen-bond donors (Lipinski definition) is 0. The molecule has 8 heteroatoms. The van der Waals surface area contributed by atoms with E-state index in [-0.39, 0.29) is 12.0 Å². The molecule has 0 aliphatic carbocycles. The van der Waals surface area contributed by atoms with Gasteiger partial charge in [0.1, 0.15) is 18.1 Å². The summed E-state index contributed by atoms with van der Waals surface area (Å²) in [6.07, 6.45) is -0.147. The highest BCUT2D eigenvalue weighted by Crippen LogP contribution is 2.39. The zero-order chi connectivity index (χ0) is 18.8. The van der Waals surface area contributed by atoms with Gasteiger partial charge in [-0.1, -0.05) is 11.6 Å². The minimum atomic E-state index is -0.557. The van der Waals surface area contributed by atoms with E-state index >= 15 is 0 Å². The van der Waals surface area contributed by atoms with Crippen molar-refractivity contribution in [1.82, 2.24) is 4.90 Å². The molecule has 1 aromatic heterocycles. The van der Waals surface area contributed by atoms with Crippen molar-refractivity contribution in [2.24, 2.45) is 0 Å². The molecule has 0 amide bonds. The molecule has 26 heavy (non-hydrogen) atoms. The highest BCUT2D eigenvalue weighted by Gasteiger charge is 2.26. The van der Waals surface area contributed by atoms with Gasteiger partial charge in [-0.3, -0.25) is 9.69 Å². The summed E-state index contributed by atoms with van der Waals surface area (Å²) >= 11 is 6.39. The van der Waals surface area contributed by atoms with Gasteiger partial charge in [-0.05, 0) is 18.6 Å². The highest BCUT2D eigenvalue weighted by molar-refractivity contribution is 6.33. The molecule has 1 aromatic carbocycles. The molecule has 1 aliphatic heterocycles. The Kier molecular flexibility index (Phi) is 5.50. The number of methoxy groups -OCH3 is 2. The number of benzene rings is 1. The number of halogens is 1. The third kappa shape index (κ3) is 3.42. The number of hydrogen-bond acceptors (Lipinski definition) is 7. The van der Waals surface area contributed by atoms with Crippen molar-refractivity contribution in [2.75, 3.05) is 34.1 Å². The van der Waals surface area contributed by atoms with Gasteiger partial charge in [-0.2, -0.15) is 0 Å². The summed E-state index contributed by atoms with van der Waals surface area (Å²) in [6, 6.07) is 1.71. The summed E-state index contributed by atoms with van der Waals surface area (Å²) in [5.74, 6) is 0.0222. The van der Waals surface area contributed by atoms with E-state index in [9.17, 15) is 9.59 Å². The molecule has 0 N–H and O–H groups in total. The Labute approximate surface area is 155 Å². The van der Waals surface area contributed by atoms with Crippen LogP contribution in [0, 0.1) is 6.92 Å². The summed E-state index contributed by atoms with van der Waals surface area (Å²) in [7, 11) is 2.91. The van der Waals surface area contributed by atoms with Crippen LogP contribution in [0.15, 0.2) is 15.3 Å². The Morgan fingerprint density at radius 1 is 1.38 bits per heavy atom. The third-order valence-corrected chi connectivity index (χ3v) is 4.79. The van der Waals surface area contributed by atoms with Crippen molar-refractivity contribution < 1.29 is 23.4 Å². The number of nitrogens with zero attached hydrogens (tertiary/aromatic N) is 1. The van der Waals surface area contributed by atoms with E-state index in [1.165, 1.54) is 7.11 Å². The van der Waals surface area contributed by atoms with Gasteiger partial charge in [-0.15, -0.1) is 0 Å². The van der Waals surface area contributed by atoms with Crippen molar-refractivity contribution in [3.05, 3.63) is 38.2 Å². The van der Waals surface area contributed by atoms with Crippen LogP contribution >= 0.6 is 11.6 Å². The van der Waals surface area contributed by atoms with Crippen molar-refractivity contribution in [3.8, 4) is 5.75 Å². The molecule has 0 fully saturated rings. The van der Waals surface area contributed by atoms with Crippen LogP contribution in [0.25, 0.3) is 11.0 Å². The number of carbonyl (C=O) groups excluding carboxylic acids is 1. The van der Waals surface area contributed by atoms with Crippen molar-refractivity contribution in [2.45, 2.75) is 19.9 Å². The highest BCUT2D eigenvalue weighted by atomic mass is 35.5. The predicted octanol–water partition coefficient (Wildman–Crippen LogP) is 2.27. The first-order valence-corrected chi connectivity index (χ1v) is 8.52. The SMILES string of the molecule is COCCN1COc2c(Cl)cc3c(C)c(CC(=O)OC)c(=O)oc3c2C1. The summed E-state index contributed by atoms with van der Waals surface area (Å²) in [4.78, 5) is 26.1. The fraction of sp³-hybridized carbons (Fsp3) is 0.444. The number of carbonyl (C=O) groups is 1. The zero-order valence-electron chi connectivity index (χ0n) is 14.9. The van der Waals surface area contributed by atoms with Crippen LogP contribution in [0.4, 0.5) is 0 Å². The van der Waals surface area contributed by atoms with E-state index in [1.54, 1.807) is 20.1 Å². The van der Waals surface area contributed by atoms with Gasteiger partial charge in [0.25, 0.3) is 0 Å². The summed E-state index contributed by atoms with van der Waals surface area (Å²) in [5, 5.41) is 1.13. The number of ether oxygens (including phenoxy) is 3. The van der Waals surface area contributed by atoms with Gasteiger partial charge in [0.15, 0.2) is 0 Å². The second-order valence-corrected chi connectivity index (χ2v) is 6.51. The lowest BCUT2D eigenvalue weighted by molar-refractivity contribution is -0.139. The fourth-order valence-corrected chi connectivity index (χ4v) is 3.32. The summed E-state index contributed by atoms with van der Waals surface area (Å²) < 4.78 is 21.1. The van der Waals surface area contributed by atoms with Crippen molar-refractivity contribution in [3.63, 3.8) is 0 Å². The zero-order valence-corrected chi connectivity index (χ0v) is 15.6. The largest absolute Gasteiger partial charge is 0.476 e. The second-order valence-electron chi connectivity index (χ2n) is 6.11. The molecule has 0 radical (unpaired) electrons. The summed E-state index contributed by atoms with van der Waals surface area (Å²) in [6.45, 7) is 3.91. The quantitative estimate of drug-likeness (QED) is 0.580. The van der Waals surface area contributed by atoms with Gasteiger partial charge in [-0.25, -0.2) is 4.79 Å². The minimum absolute atomic E-state index is 0.147. The molecule has 0 bridgehead atoms. The molecule has 0 saturated carbocycles. The fourth-order valence-electron chi connectivity index (χ4n) is 3.04.